The number of hydrogen-bond donors (Lipinski definition) is 1. The number of nitriles is 1. The van der Waals surface area contributed by atoms with Gasteiger partial charge >= 0.3 is 0 Å². The van der Waals surface area contributed by atoms with E-state index in [1.54, 1.807) is 6.92 Å². The van der Waals surface area contributed by atoms with Crippen molar-refractivity contribution >= 4 is 11.5 Å². The van der Waals surface area contributed by atoms with Gasteiger partial charge in [-0.25, -0.2) is 13.2 Å². The Kier molecular flexibility index (Phi) is 3.17. The normalized spacial score (nSPS) is 10.3. The minimum absolute atomic E-state index is 0.143. The maximum atomic E-state index is 13.5. The summed E-state index contributed by atoms with van der Waals surface area (Å²) in [5, 5.41) is 15.4. The highest BCUT2D eigenvalue weighted by atomic mass is 19.1. The van der Waals surface area contributed by atoms with Crippen LogP contribution in [0.15, 0.2) is 12.1 Å². The van der Waals surface area contributed by atoms with Gasteiger partial charge in [-0.3, -0.25) is 4.68 Å². The van der Waals surface area contributed by atoms with E-state index in [4.69, 9.17) is 5.26 Å². The van der Waals surface area contributed by atoms with Gasteiger partial charge in [-0.05, 0) is 6.92 Å². The Balaban J connectivity index is 2.51. The summed E-state index contributed by atoms with van der Waals surface area (Å²) in [6, 6.07) is 3.00. The van der Waals surface area contributed by atoms with E-state index in [1.165, 1.54) is 11.7 Å². The second kappa shape index (κ2) is 4.65. The molecule has 1 aromatic carbocycles. The lowest BCUT2D eigenvalue weighted by Crippen LogP contribution is -2.04. The summed E-state index contributed by atoms with van der Waals surface area (Å²) in [5.74, 6) is -3.04. The summed E-state index contributed by atoms with van der Waals surface area (Å²) < 4.78 is 41.1. The molecule has 0 saturated carbocycles. The van der Waals surface area contributed by atoms with E-state index in [0.29, 0.717) is 17.8 Å². The van der Waals surface area contributed by atoms with Crippen LogP contribution in [0.3, 0.4) is 0 Å². The zero-order valence-electron chi connectivity index (χ0n) is 10.1. The largest absolute Gasteiger partial charge is 0.335 e. The first kappa shape index (κ1) is 13.0. The SMILES string of the molecule is Cc1nn(C)c(Nc2c(F)cc(F)cc2F)c1C#N. The first-order chi connectivity index (χ1) is 8.93. The highest BCUT2D eigenvalue weighted by Gasteiger charge is 2.17. The molecule has 0 spiro atoms. The van der Waals surface area contributed by atoms with Gasteiger partial charge in [-0.2, -0.15) is 10.4 Å². The molecule has 0 unspecified atom stereocenters. The lowest BCUT2D eigenvalue weighted by molar-refractivity contribution is 0.548. The number of nitrogens with one attached hydrogen (secondary N) is 1. The van der Waals surface area contributed by atoms with Gasteiger partial charge in [0.2, 0.25) is 0 Å². The van der Waals surface area contributed by atoms with Gasteiger partial charge in [0.15, 0.2) is 11.6 Å². The fraction of sp³-hybridized carbons (Fsp3) is 0.167. The average Bonchev–Trinajstić information content (AvgIpc) is 2.57. The van der Waals surface area contributed by atoms with Gasteiger partial charge in [0.05, 0.1) is 5.69 Å². The molecular formula is C12H9F3N4. The molecular weight excluding hydrogens is 257 g/mol. The molecule has 1 heterocycles. The van der Waals surface area contributed by atoms with Gasteiger partial charge in [0, 0.05) is 19.2 Å². The lowest BCUT2D eigenvalue weighted by Gasteiger charge is -2.09. The fourth-order valence-electron chi connectivity index (χ4n) is 1.72. The Bertz CT molecular complexity index is 662. The molecule has 98 valence electrons. The van der Waals surface area contributed by atoms with Crippen molar-refractivity contribution in [1.82, 2.24) is 9.78 Å². The van der Waals surface area contributed by atoms with Crippen molar-refractivity contribution in [2.75, 3.05) is 5.32 Å². The van der Waals surface area contributed by atoms with Crippen molar-refractivity contribution in [3.63, 3.8) is 0 Å². The zero-order valence-corrected chi connectivity index (χ0v) is 10.1. The van der Waals surface area contributed by atoms with E-state index in [1.807, 2.05) is 6.07 Å². The molecule has 7 heteroatoms. The van der Waals surface area contributed by atoms with Gasteiger partial charge in [-0.15, -0.1) is 0 Å². The van der Waals surface area contributed by atoms with Crippen molar-refractivity contribution < 1.29 is 13.2 Å². The van der Waals surface area contributed by atoms with E-state index >= 15 is 0 Å². The quantitative estimate of drug-likeness (QED) is 0.909. The maximum absolute atomic E-state index is 13.5. The molecule has 0 radical (unpaired) electrons. The standard InChI is InChI=1S/C12H9F3N4/c1-6-8(5-16)12(19(2)18-6)17-11-9(14)3-7(13)4-10(11)15/h3-4,17H,1-2H3. The Morgan fingerprint density at radius 3 is 2.37 bits per heavy atom. The van der Waals surface area contributed by atoms with E-state index in [2.05, 4.69) is 10.4 Å². The van der Waals surface area contributed by atoms with Gasteiger partial charge in [0.25, 0.3) is 0 Å². The Morgan fingerprint density at radius 2 is 1.84 bits per heavy atom. The van der Waals surface area contributed by atoms with Crippen LogP contribution in [0.5, 0.6) is 0 Å². The summed E-state index contributed by atoms with van der Waals surface area (Å²) in [6.07, 6.45) is 0. The average molecular weight is 266 g/mol. The van der Waals surface area contributed by atoms with Crippen molar-refractivity contribution in [1.29, 1.82) is 5.26 Å². The van der Waals surface area contributed by atoms with Crippen LogP contribution in [0.1, 0.15) is 11.3 Å². The minimum Gasteiger partial charge on any atom is -0.335 e. The number of benzene rings is 1. The predicted molar refractivity (Wildman–Crippen MR) is 62.3 cm³/mol. The molecule has 19 heavy (non-hydrogen) atoms. The van der Waals surface area contributed by atoms with Crippen LogP contribution >= 0.6 is 0 Å². The van der Waals surface area contributed by atoms with Crippen LogP contribution in [0, 0.1) is 35.7 Å². The Labute approximate surface area is 107 Å². The summed E-state index contributed by atoms with van der Waals surface area (Å²) in [4.78, 5) is 0. The molecule has 2 aromatic rings. The third-order valence-corrected chi connectivity index (χ3v) is 2.58. The first-order valence-corrected chi connectivity index (χ1v) is 5.29. The Morgan fingerprint density at radius 1 is 1.26 bits per heavy atom. The molecule has 0 aliphatic heterocycles. The van der Waals surface area contributed by atoms with Crippen molar-refractivity contribution in [3.05, 3.63) is 40.8 Å². The van der Waals surface area contributed by atoms with Crippen LogP contribution in [0.2, 0.25) is 0 Å². The van der Waals surface area contributed by atoms with Crippen molar-refractivity contribution in [2.45, 2.75) is 6.92 Å². The van der Waals surface area contributed by atoms with Crippen LogP contribution in [0.4, 0.5) is 24.7 Å². The van der Waals surface area contributed by atoms with Crippen LogP contribution in [-0.4, -0.2) is 9.78 Å². The smallest absolute Gasteiger partial charge is 0.152 e. The molecule has 0 fully saturated rings. The molecule has 0 amide bonds. The molecule has 1 N–H and O–H groups in total. The van der Waals surface area contributed by atoms with E-state index in [9.17, 15) is 13.2 Å². The summed E-state index contributed by atoms with van der Waals surface area (Å²) in [7, 11) is 1.52. The molecule has 0 atom stereocenters. The highest BCUT2D eigenvalue weighted by Crippen LogP contribution is 2.27. The molecule has 2 rings (SSSR count). The molecule has 0 saturated heterocycles. The number of anilines is 2. The molecule has 0 aliphatic rings. The predicted octanol–water partition coefficient (Wildman–Crippen LogP) is 2.76. The van der Waals surface area contributed by atoms with Crippen molar-refractivity contribution in [3.8, 4) is 6.07 Å². The van der Waals surface area contributed by atoms with Gasteiger partial charge < -0.3 is 5.32 Å². The monoisotopic (exact) mass is 266 g/mol. The van der Waals surface area contributed by atoms with Gasteiger partial charge in [0.1, 0.15) is 29.0 Å². The van der Waals surface area contributed by atoms with Crippen LogP contribution in [0.25, 0.3) is 0 Å². The number of aryl methyl sites for hydroxylation is 2. The summed E-state index contributed by atoms with van der Waals surface area (Å²) >= 11 is 0. The van der Waals surface area contributed by atoms with E-state index in [-0.39, 0.29) is 11.4 Å². The second-order valence-corrected chi connectivity index (χ2v) is 3.91. The second-order valence-electron chi connectivity index (χ2n) is 3.91. The number of aromatic nitrogens is 2. The molecule has 0 aliphatic carbocycles. The number of rotatable bonds is 2. The van der Waals surface area contributed by atoms with Crippen molar-refractivity contribution in [2.24, 2.45) is 7.05 Å². The molecule has 0 bridgehead atoms. The molecule has 1 aromatic heterocycles. The third kappa shape index (κ3) is 2.25. The Hall–Kier alpha value is -2.49. The third-order valence-electron chi connectivity index (χ3n) is 2.58. The van der Waals surface area contributed by atoms with Crippen LogP contribution < -0.4 is 5.32 Å². The maximum Gasteiger partial charge on any atom is 0.152 e. The minimum atomic E-state index is -1.08. The van der Waals surface area contributed by atoms with Gasteiger partial charge in [-0.1, -0.05) is 0 Å². The lowest BCUT2D eigenvalue weighted by atomic mass is 10.2. The van der Waals surface area contributed by atoms with E-state index in [0.717, 1.165) is 0 Å². The summed E-state index contributed by atoms with van der Waals surface area (Å²) in [5.41, 5.74) is 0.0713. The zero-order chi connectivity index (χ0) is 14.2. The fourth-order valence-corrected chi connectivity index (χ4v) is 1.72. The first-order valence-electron chi connectivity index (χ1n) is 5.29. The van der Waals surface area contributed by atoms with E-state index < -0.39 is 23.1 Å². The topological polar surface area (TPSA) is 53.6 Å². The molecule has 4 nitrogen and oxygen atoms in total. The number of hydrogen-bond acceptors (Lipinski definition) is 3. The van der Waals surface area contributed by atoms with Crippen LogP contribution in [-0.2, 0) is 7.05 Å². The number of nitrogens with zero attached hydrogens (tertiary/aromatic N) is 3. The summed E-state index contributed by atoms with van der Waals surface area (Å²) in [6.45, 7) is 1.60. The number of halogens is 3. The highest BCUT2D eigenvalue weighted by molar-refractivity contribution is 5.65.